The maximum absolute atomic E-state index is 14.7. The largest absolute Gasteiger partial charge is 0.454 e. The summed E-state index contributed by atoms with van der Waals surface area (Å²) in [6, 6.07) is 7.49. The summed E-state index contributed by atoms with van der Waals surface area (Å²) in [5.41, 5.74) is 2.86. The van der Waals surface area contributed by atoms with Crippen molar-refractivity contribution in [3.8, 4) is 22.6 Å². The number of halogens is 1. The molecule has 2 aromatic carbocycles. The summed E-state index contributed by atoms with van der Waals surface area (Å²) in [5.74, 6) is -2.63. The van der Waals surface area contributed by atoms with E-state index in [0.29, 0.717) is 29.5 Å². The lowest BCUT2D eigenvalue weighted by Gasteiger charge is -2.18. The smallest absolute Gasteiger partial charge is 0.338 e. The standard InChI is InChI=1S/C26H23FO6/c1-6-23(28)31-21-12-9-18-17(8-11-22(24(18)21)33-26(30)15(4)5)16-7-10-20(19(27)13-16)32-25(29)14(2)3/h6-8,10-11,13,21H,1-2,4,9,12H2,3,5H3. The maximum Gasteiger partial charge on any atom is 0.338 e. The fraction of sp³-hybridized carbons (Fsp3) is 0.192. The van der Waals surface area contributed by atoms with E-state index < -0.39 is 29.8 Å². The summed E-state index contributed by atoms with van der Waals surface area (Å²) >= 11 is 0. The fourth-order valence-electron chi connectivity index (χ4n) is 3.48. The maximum atomic E-state index is 14.7. The predicted octanol–water partition coefficient (Wildman–Crippen LogP) is 5.17. The Bertz CT molecular complexity index is 1190. The van der Waals surface area contributed by atoms with Gasteiger partial charge in [0.05, 0.1) is 0 Å². The van der Waals surface area contributed by atoms with Gasteiger partial charge >= 0.3 is 17.9 Å². The molecule has 0 heterocycles. The van der Waals surface area contributed by atoms with Crippen molar-refractivity contribution >= 4 is 17.9 Å². The van der Waals surface area contributed by atoms with Crippen molar-refractivity contribution in [3.63, 3.8) is 0 Å². The highest BCUT2D eigenvalue weighted by atomic mass is 19.1. The number of ether oxygens (including phenoxy) is 3. The van der Waals surface area contributed by atoms with Gasteiger partial charge in [0, 0.05) is 22.8 Å². The molecular weight excluding hydrogens is 427 g/mol. The van der Waals surface area contributed by atoms with Gasteiger partial charge in [0.2, 0.25) is 0 Å². The number of esters is 3. The Hall–Kier alpha value is -4.00. The van der Waals surface area contributed by atoms with Crippen LogP contribution in [0.3, 0.4) is 0 Å². The van der Waals surface area contributed by atoms with Gasteiger partial charge in [0.25, 0.3) is 0 Å². The van der Waals surface area contributed by atoms with Crippen LogP contribution in [0.15, 0.2) is 67.3 Å². The van der Waals surface area contributed by atoms with Crippen LogP contribution in [0.5, 0.6) is 11.5 Å². The Labute approximate surface area is 191 Å². The molecule has 33 heavy (non-hydrogen) atoms. The highest BCUT2D eigenvalue weighted by Gasteiger charge is 2.32. The van der Waals surface area contributed by atoms with Crippen LogP contribution in [0.1, 0.15) is 37.5 Å². The molecule has 0 saturated heterocycles. The molecule has 1 unspecified atom stereocenters. The molecule has 7 heteroatoms. The first-order chi connectivity index (χ1) is 15.6. The molecule has 1 aliphatic carbocycles. The molecule has 170 valence electrons. The molecule has 0 radical (unpaired) electrons. The van der Waals surface area contributed by atoms with Crippen LogP contribution < -0.4 is 9.47 Å². The van der Waals surface area contributed by atoms with E-state index in [9.17, 15) is 18.8 Å². The summed E-state index contributed by atoms with van der Waals surface area (Å²) in [5, 5.41) is 0. The molecule has 0 saturated carbocycles. The minimum absolute atomic E-state index is 0.149. The van der Waals surface area contributed by atoms with Crippen molar-refractivity contribution in [2.75, 3.05) is 0 Å². The SMILES string of the molecule is C=CC(=O)OC1CCc2c(-c3ccc(OC(=O)C(=C)C)c(F)c3)ccc(OC(=O)C(=C)C)c21. The molecule has 0 amide bonds. The molecular formula is C26H23FO6. The molecule has 6 nitrogen and oxygen atoms in total. The van der Waals surface area contributed by atoms with E-state index in [1.807, 2.05) is 0 Å². The van der Waals surface area contributed by atoms with Crippen LogP contribution in [-0.2, 0) is 25.5 Å². The first-order valence-electron chi connectivity index (χ1n) is 10.2. The predicted molar refractivity (Wildman–Crippen MR) is 120 cm³/mol. The number of carbonyl (C=O) groups is 3. The van der Waals surface area contributed by atoms with Crippen LogP contribution in [0.2, 0.25) is 0 Å². The van der Waals surface area contributed by atoms with Gasteiger partial charge in [-0.3, -0.25) is 0 Å². The Balaban J connectivity index is 2.04. The molecule has 1 aliphatic rings. The molecule has 0 aromatic heterocycles. The lowest BCUT2D eigenvalue weighted by Crippen LogP contribution is -2.13. The highest BCUT2D eigenvalue weighted by molar-refractivity contribution is 5.90. The average Bonchev–Trinajstić information content (AvgIpc) is 3.19. The zero-order valence-corrected chi connectivity index (χ0v) is 18.4. The monoisotopic (exact) mass is 450 g/mol. The van der Waals surface area contributed by atoms with Crippen molar-refractivity contribution in [1.29, 1.82) is 0 Å². The highest BCUT2D eigenvalue weighted by Crippen LogP contribution is 2.45. The number of benzene rings is 2. The first kappa shape index (κ1) is 23.7. The van der Waals surface area contributed by atoms with E-state index in [2.05, 4.69) is 19.7 Å². The van der Waals surface area contributed by atoms with Crippen molar-refractivity contribution < 1.29 is 33.0 Å². The summed E-state index contributed by atoms with van der Waals surface area (Å²) in [7, 11) is 0. The van der Waals surface area contributed by atoms with Gasteiger partial charge in [0.1, 0.15) is 11.9 Å². The summed E-state index contributed by atoms with van der Waals surface area (Å²) in [4.78, 5) is 35.7. The zero-order chi connectivity index (χ0) is 24.3. The van der Waals surface area contributed by atoms with Gasteiger partial charge in [-0.25, -0.2) is 18.8 Å². The molecule has 3 rings (SSSR count). The number of carbonyl (C=O) groups excluding carboxylic acids is 3. The molecule has 1 atom stereocenters. The minimum atomic E-state index is -0.724. The number of fused-ring (bicyclic) bond motifs is 1. The Morgan fingerprint density at radius 1 is 1.00 bits per heavy atom. The second kappa shape index (κ2) is 9.65. The Kier molecular flexibility index (Phi) is 6.92. The zero-order valence-electron chi connectivity index (χ0n) is 18.4. The van der Waals surface area contributed by atoms with E-state index in [4.69, 9.17) is 14.2 Å². The van der Waals surface area contributed by atoms with Crippen molar-refractivity contribution in [2.45, 2.75) is 32.8 Å². The number of hydrogen-bond donors (Lipinski definition) is 0. The van der Waals surface area contributed by atoms with Crippen LogP contribution in [0.25, 0.3) is 11.1 Å². The second-order valence-electron chi connectivity index (χ2n) is 7.66. The lowest BCUT2D eigenvalue weighted by molar-refractivity contribution is -0.143. The van der Waals surface area contributed by atoms with Gasteiger partial charge in [-0.2, -0.15) is 0 Å². The molecule has 2 aromatic rings. The quantitative estimate of drug-likeness (QED) is 0.329. The molecule has 0 aliphatic heterocycles. The fourth-order valence-corrected chi connectivity index (χ4v) is 3.48. The van der Waals surface area contributed by atoms with Gasteiger partial charge < -0.3 is 14.2 Å². The number of rotatable bonds is 7. The van der Waals surface area contributed by atoms with Crippen LogP contribution in [-0.4, -0.2) is 17.9 Å². The Morgan fingerprint density at radius 2 is 1.61 bits per heavy atom. The van der Waals surface area contributed by atoms with E-state index in [1.54, 1.807) is 18.2 Å². The van der Waals surface area contributed by atoms with E-state index in [1.165, 1.54) is 26.0 Å². The topological polar surface area (TPSA) is 78.9 Å². The minimum Gasteiger partial charge on any atom is -0.454 e. The average molecular weight is 450 g/mol. The lowest BCUT2D eigenvalue weighted by atomic mass is 9.95. The van der Waals surface area contributed by atoms with Crippen LogP contribution in [0, 0.1) is 5.82 Å². The molecule has 0 spiro atoms. The molecule has 0 fully saturated rings. The Morgan fingerprint density at radius 3 is 2.18 bits per heavy atom. The number of hydrogen-bond acceptors (Lipinski definition) is 6. The van der Waals surface area contributed by atoms with Crippen molar-refractivity contribution in [2.24, 2.45) is 0 Å². The normalized spacial score (nSPS) is 14.1. The summed E-state index contributed by atoms with van der Waals surface area (Å²) < 4.78 is 30.6. The first-order valence-corrected chi connectivity index (χ1v) is 10.2. The van der Waals surface area contributed by atoms with Crippen LogP contribution in [0.4, 0.5) is 4.39 Å². The van der Waals surface area contributed by atoms with Gasteiger partial charge in [-0.15, -0.1) is 0 Å². The van der Waals surface area contributed by atoms with Gasteiger partial charge in [-0.05, 0) is 61.6 Å². The third-order valence-electron chi connectivity index (χ3n) is 5.07. The molecule has 0 N–H and O–H groups in total. The second-order valence-corrected chi connectivity index (χ2v) is 7.66. The third-order valence-corrected chi connectivity index (χ3v) is 5.07. The third kappa shape index (κ3) is 5.09. The molecule has 0 bridgehead atoms. The van der Waals surface area contributed by atoms with Gasteiger partial charge in [0.15, 0.2) is 11.6 Å². The van der Waals surface area contributed by atoms with Crippen molar-refractivity contribution in [1.82, 2.24) is 0 Å². The van der Waals surface area contributed by atoms with Gasteiger partial charge in [-0.1, -0.05) is 31.9 Å². The van der Waals surface area contributed by atoms with E-state index in [0.717, 1.165) is 11.6 Å². The van der Waals surface area contributed by atoms with Crippen LogP contribution >= 0.6 is 0 Å². The summed E-state index contributed by atoms with van der Waals surface area (Å²) in [6.07, 6.45) is 1.37. The van der Waals surface area contributed by atoms with Crippen molar-refractivity contribution in [3.05, 3.63) is 84.2 Å². The van der Waals surface area contributed by atoms with E-state index in [-0.39, 0.29) is 22.6 Å². The summed E-state index contributed by atoms with van der Waals surface area (Å²) in [6.45, 7) is 13.5. The van der Waals surface area contributed by atoms with E-state index >= 15 is 0 Å².